The van der Waals surface area contributed by atoms with Crippen LogP contribution >= 0.6 is 46.3 Å². The van der Waals surface area contributed by atoms with Gasteiger partial charge in [0.15, 0.2) is 0 Å². The molecule has 33 heavy (non-hydrogen) atoms. The molecule has 3 aromatic rings. The molecule has 0 radical (unpaired) electrons. The summed E-state index contributed by atoms with van der Waals surface area (Å²) in [5.74, 6) is -0.741. The number of carboxylic acid groups (broad SMARTS) is 2. The largest absolute Gasteiger partial charge is 0.483 e. The van der Waals surface area contributed by atoms with E-state index in [2.05, 4.69) is 4.72 Å². The third-order valence-electron chi connectivity index (χ3n) is 4.74. The molecule has 0 saturated heterocycles. The lowest BCUT2D eigenvalue weighted by Crippen LogP contribution is -2.17. The van der Waals surface area contributed by atoms with Gasteiger partial charge in [-0.05, 0) is 55.3 Å². The Morgan fingerprint density at radius 2 is 1.82 bits per heavy atom. The summed E-state index contributed by atoms with van der Waals surface area (Å²) in [5.41, 5.74) is 2.65. The highest BCUT2D eigenvalue weighted by molar-refractivity contribution is 7.98. The van der Waals surface area contributed by atoms with Gasteiger partial charge in [0, 0.05) is 36.7 Å². The Balaban J connectivity index is 0.000000968. The van der Waals surface area contributed by atoms with Crippen molar-refractivity contribution in [2.75, 3.05) is 4.72 Å². The zero-order valence-electron chi connectivity index (χ0n) is 17.2. The van der Waals surface area contributed by atoms with Crippen molar-refractivity contribution in [3.8, 4) is 10.4 Å². The van der Waals surface area contributed by atoms with Crippen LogP contribution in [0.15, 0.2) is 40.1 Å². The summed E-state index contributed by atoms with van der Waals surface area (Å²) in [6.07, 6.45) is 0. The maximum absolute atomic E-state index is 13.2. The molecule has 0 bridgehead atoms. The van der Waals surface area contributed by atoms with Crippen LogP contribution in [0, 0.1) is 13.8 Å². The Morgan fingerprint density at radius 3 is 2.45 bits per heavy atom. The van der Waals surface area contributed by atoms with Gasteiger partial charge >= 0.3 is 5.97 Å². The number of anilines is 1. The van der Waals surface area contributed by atoms with Gasteiger partial charge in [-0.3, -0.25) is 9.52 Å². The van der Waals surface area contributed by atoms with Crippen LogP contribution in [0.5, 0.6) is 0 Å². The number of carbonyl (C=O) groups is 2. The average molecular weight is 546 g/mol. The average Bonchev–Trinajstić information content (AvgIpc) is 3.09. The minimum Gasteiger partial charge on any atom is -0.483 e. The lowest BCUT2D eigenvalue weighted by Gasteiger charge is -2.18. The number of aryl methyl sites for hydroxylation is 2. The van der Waals surface area contributed by atoms with E-state index in [1.807, 2.05) is 6.07 Å². The van der Waals surface area contributed by atoms with E-state index in [9.17, 15) is 18.3 Å². The number of fused-ring (bicyclic) bond motifs is 3. The third-order valence-corrected chi connectivity index (χ3v) is 9.23. The maximum Gasteiger partial charge on any atom is 0.348 e. The minimum absolute atomic E-state index is 0.0552. The van der Waals surface area contributed by atoms with Gasteiger partial charge in [-0.1, -0.05) is 23.2 Å². The highest BCUT2D eigenvalue weighted by Gasteiger charge is 2.31. The number of benzene rings is 2. The highest BCUT2D eigenvalue weighted by Crippen LogP contribution is 2.51. The number of thiophene rings is 1. The van der Waals surface area contributed by atoms with E-state index in [1.165, 1.54) is 17.8 Å². The number of nitrogens with one attached hydrogen (secondary N) is 1. The van der Waals surface area contributed by atoms with E-state index in [-0.39, 0.29) is 21.9 Å². The molecule has 0 aliphatic carbocycles. The molecular weight excluding hydrogens is 529 g/mol. The van der Waals surface area contributed by atoms with Crippen molar-refractivity contribution in [1.29, 1.82) is 0 Å². The molecule has 0 unspecified atom stereocenters. The Labute approximate surface area is 208 Å². The molecule has 1 aromatic heterocycles. The van der Waals surface area contributed by atoms with Crippen LogP contribution in [-0.4, -0.2) is 31.1 Å². The number of hydrogen-bond donors (Lipinski definition) is 3. The summed E-state index contributed by atoms with van der Waals surface area (Å²) in [6.45, 7) is 3.11. The Bertz CT molecular complexity index is 1370. The normalized spacial score (nSPS) is 12.1. The van der Waals surface area contributed by atoms with Crippen molar-refractivity contribution in [2.24, 2.45) is 0 Å². The maximum atomic E-state index is 13.2. The van der Waals surface area contributed by atoms with Gasteiger partial charge in [0.25, 0.3) is 16.5 Å². The second-order valence-corrected chi connectivity index (χ2v) is 11.5. The van der Waals surface area contributed by atoms with Gasteiger partial charge in [0.1, 0.15) is 4.88 Å². The number of hydrogen-bond acceptors (Lipinski definition) is 6. The van der Waals surface area contributed by atoms with Crippen LogP contribution in [-0.2, 0) is 20.6 Å². The fourth-order valence-electron chi connectivity index (χ4n) is 3.27. The quantitative estimate of drug-likeness (QED) is 0.336. The second kappa shape index (κ2) is 9.94. The molecule has 2 aromatic carbocycles. The summed E-state index contributed by atoms with van der Waals surface area (Å²) < 4.78 is 28.9. The Hall–Kier alpha value is -2.24. The topological polar surface area (TPSA) is 121 Å². The first-order chi connectivity index (χ1) is 15.5. The first-order valence-electron chi connectivity index (χ1n) is 9.19. The lowest BCUT2D eigenvalue weighted by atomic mass is 10.1. The van der Waals surface area contributed by atoms with Gasteiger partial charge in [-0.15, -0.1) is 23.1 Å². The Kier molecular flexibility index (Phi) is 7.65. The predicted octanol–water partition coefficient (Wildman–Crippen LogP) is 6.14. The summed E-state index contributed by atoms with van der Waals surface area (Å²) in [5, 5.41) is 17.6. The first-order valence-corrected chi connectivity index (χ1v) is 13.2. The molecule has 3 N–H and O–H groups in total. The molecule has 7 nitrogen and oxygen atoms in total. The van der Waals surface area contributed by atoms with Gasteiger partial charge < -0.3 is 10.2 Å². The molecule has 0 amide bonds. The van der Waals surface area contributed by atoms with E-state index in [0.29, 0.717) is 37.4 Å². The molecule has 0 atom stereocenters. The summed E-state index contributed by atoms with van der Waals surface area (Å²) in [4.78, 5) is 22.0. The van der Waals surface area contributed by atoms with E-state index in [4.69, 9.17) is 33.1 Å². The number of thioether (sulfide) groups is 1. The number of sulfonamides is 1. The smallest absolute Gasteiger partial charge is 0.348 e. The van der Waals surface area contributed by atoms with Crippen molar-refractivity contribution in [1.82, 2.24) is 0 Å². The number of rotatable bonds is 4. The number of aromatic carboxylic acids is 1. The van der Waals surface area contributed by atoms with Crippen molar-refractivity contribution in [3.63, 3.8) is 0 Å². The molecule has 0 fully saturated rings. The van der Waals surface area contributed by atoms with Gasteiger partial charge in [-0.2, -0.15) is 0 Å². The molecule has 0 spiro atoms. The first kappa shape index (κ1) is 25.4. The molecule has 2 heterocycles. The van der Waals surface area contributed by atoms with Crippen LogP contribution in [0.25, 0.3) is 10.4 Å². The van der Waals surface area contributed by atoms with Crippen LogP contribution in [0.2, 0.25) is 10.0 Å². The molecule has 1 aliphatic heterocycles. The fraction of sp³-hybridized carbons (Fsp3) is 0.143. The van der Waals surface area contributed by atoms with E-state index < -0.39 is 16.0 Å². The van der Waals surface area contributed by atoms with Crippen molar-refractivity contribution < 1.29 is 28.2 Å². The van der Waals surface area contributed by atoms with E-state index in [1.54, 1.807) is 32.0 Å². The van der Waals surface area contributed by atoms with Crippen LogP contribution < -0.4 is 4.72 Å². The van der Waals surface area contributed by atoms with Crippen LogP contribution in [0.4, 0.5) is 5.69 Å². The van der Waals surface area contributed by atoms with Crippen molar-refractivity contribution in [2.45, 2.75) is 29.4 Å². The fourth-order valence-corrected chi connectivity index (χ4v) is 7.51. The van der Waals surface area contributed by atoms with E-state index in [0.717, 1.165) is 21.8 Å². The van der Waals surface area contributed by atoms with Gasteiger partial charge in [0.05, 0.1) is 10.6 Å². The summed E-state index contributed by atoms with van der Waals surface area (Å²) in [7, 11) is -4.03. The minimum atomic E-state index is -4.03. The molecule has 0 saturated carbocycles. The SMILES string of the molecule is Cc1cc(S(=O)(=O)Nc2c(C(=O)O)sc3c2CSc2ccc(Cl)cc2-3)c(C)cc1Cl.O=CO. The zero-order chi connectivity index (χ0) is 24.5. The second-order valence-electron chi connectivity index (χ2n) is 6.93. The monoisotopic (exact) mass is 545 g/mol. The zero-order valence-corrected chi connectivity index (χ0v) is 21.1. The van der Waals surface area contributed by atoms with Crippen molar-refractivity contribution >= 4 is 74.5 Å². The van der Waals surface area contributed by atoms with Gasteiger partial charge in [-0.25, -0.2) is 13.2 Å². The molecule has 174 valence electrons. The number of carboxylic acids is 1. The van der Waals surface area contributed by atoms with Gasteiger partial charge in [0.2, 0.25) is 0 Å². The van der Waals surface area contributed by atoms with E-state index >= 15 is 0 Å². The predicted molar refractivity (Wildman–Crippen MR) is 132 cm³/mol. The Morgan fingerprint density at radius 1 is 1.15 bits per heavy atom. The molecule has 4 rings (SSSR count). The highest BCUT2D eigenvalue weighted by atomic mass is 35.5. The molecule has 1 aliphatic rings. The van der Waals surface area contributed by atoms with Crippen molar-refractivity contribution in [3.05, 3.63) is 61.9 Å². The number of halogens is 2. The lowest BCUT2D eigenvalue weighted by molar-refractivity contribution is -0.122. The summed E-state index contributed by atoms with van der Waals surface area (Å²) >= 11 is 14.8. The molecule has 12 heteroatoms. The standard InChI is InChI=1S/C20H15Cl2NO4S3.CH2O2/c1-9-6-16(10(2)5-14(9)22)30(26,27)23-17-13-8-28-15-4-3-11(21)7-12(15)18(13)29-19(17)20(24)25;2-1-3/h3-7,23H,8H2,1-2H3,(H,24,25);1H,(H,2,3). The van der Waals surface area contributed by atoms with Crippen LogP contribution in [0.3, 0.4) is 0 Å². The summed E-state index contributed by atoms with van der Waals surface area (Å²) in [6, 6.07) is 8.51. The molecular formula is C21H17Cl2NO6S3. The third kappa shape index (κ3) is 5.15. The van der Waals surface area contributed by atoms with Crippen LogP contribution in [0.1, 0.15) is 26.4 Å².